The van der Waals surface area contributed by atoms with Gasteiger partial charge in [0.05, 0.1) is 17.2 Å². The second kappa shape index (κ2) is 8.35. The molecule has 0 aliphatic heterocycles. The van der Waals surface area contributed by atoms with E-state index < -0.39 is 17.5 Å². The first-order valence-corrected chi connectivity index (χ1v) is 11.1. The van der Waals surface area contributed by atoms with Gasteiger partial charge in [-0.2, -0.15) is 0 Å². The fourth-order valence-corrected chi connectivity index (χ4v) is 4.87. The summed E-state index contributed by atoms with van der Waals surface area (Å²) in [4.78, 5) is 25.3. The van der Waals surface area contributed by atoms with Gasteiger partial charge in [0.25, 0.3) is 0 Å². The highest BCUT2D eigenvalue weighted by Crippen LogP contribution is 2.46. The van der Waals surface area contributed by atoms with Crippen molar-refractivity contribution in [3.63, 3.8) is 0 Å². The SMILES string of the molecule is CC1(C)c2cc(OCC(O)CCO)ccc2C(=O)c2c1n(CC(=O)O)c1cc(Br)ccc21. The summed E-state index contributed by atoms with van der Waals surface area (Å²) >= 11 is 3.45. The highest BCUT2D eigenvalue weighted by molar-refractivity contribution is 9.10. The van der Waals surface area contributed by atoms with Crippen molar-refractivity contribution in [1.29, 1.82) is 0 Å². The molecule has 1 unspecified atom stereocenters. The number of aliphatic hydroxyl groups is 2. The van der Waals surface area contributed by atoms with E-state index in [1.807, 2.05) is 32.0 Å². The van der Waals surface area contributed by atoms with Crippen LogP contribution < -0.4 is 4.74 Å². The van der Waals surface area contributed by atoms with E-state index in [0.29, 0.717) is 28.1 Å². The number of fused-ring (bicyclic) bond motifs is 4. The first kappa shape index (κ1) is 22.5. The van der Waals surface area contributed by atoms with E-state index in [-0.39, 0.29) is 32.0 Å². The van der Waals surface area contributed by atoms with E-state index in [2.05, 4.69) is 15.9 Å². The number of carboxylic acid groups (broad SMARTS) is 1. The smallest absolute Gasteiger partial charge is 0.323 e. The summed E-state index contributed by atoms with van der Waals surface area (Å²) in [6.07, 6.45) is -0.586. The molecule has 32 heavy (non-hydrogen) atoms. The van der Waals surface area contributed by atoms with Gasteiger partial charge >= 0.3 is 5.97 Å². The van der Waals surface area contributed by atoms with Crippen LogP contribution in [0.3, 0.4) is 0 Å². The zero-order chi connectivity index (χ0) is 23.2. The molecule has 1 aromatic heterocycles. The minimum absolute atomic E-state index is 0.0201. The van der Waals surface area contributed by atoms with Gasteiger partial charge in [-0.3, -0.25) is 9.59 Å². The van der Waals surface area contributed by atoms with E-state index in [4.69, 9.17) is 9.84 Å². The molecular weight excluding hydrogens is 478 g/mol. The number of aliphatic carboxylic acids is 1. The van der Waals surface area contributed by atoms with Crippen molar-refractivity contribution in [2.45, 2.75) is 38.3 Å². The van der Waals surface area contributed by atoms with E-state index in [1.54, 1.807) is 22.8 Å². The van der Waals surface area contributed by atoms with Crippen LogP contribution in [0.1, 0.15) is 47.4 Å². The van der Waals surface area contributed by atoms with Gasteiger partial charge in [-0.15, -0.1) is 0 Å². The number of halogens is 1. The lowest BCUT2D eigenvalue weighted by Crippen LogP contribution is -2.33. The Balaban J connectivity index is 1.87. The van der Waals surface area contributed by atoms with Crippen molar-refractivity contribution in [2.24, 2.45) is 0 Å². The Labute approximate surface area is 193 Å². The Kier molecular flexibility index (Phi) is 5.87. The Morgan fingerprint density at radius 1 is 1.22 bits per heavy atom. The summed E-state index contributed by atoms with van der Waals surface area (Å²) in [6.45, 7) is 3.55. The van der Waals surface area contributed by atoms with Gasteiger partial charge in [0.1, 0.15) is 18.9 Å². The molecule has 0 fully saturated rings. The zero-order valence-electron chi connectivity index (χ0n) is 17.8. The Morgan fingerprint density at radius 2 is 1.97 bits per heavy atom. The summed E-state index contributed by atoms with van der Waals surface area (Å²) in [5, 5.41) is 29.1. The number of benzene rings is 2. The molecular formula is C24H24BrNO6. The highest BCUT2D eigenvalue weighted by atomic mass is 79.9. The lowest BCUT2D eigenvalue weighted by Gasteiger charge is -2.34. The molecule has 3 aromatic rings. The van der Waals surface area contributed by atoms with Crippen molar-refractivity contribution in [2.75, 3.05) is 13.2 Å². The average Bonchev–Trinajstić information content (AvgIpc) is 3.05. The van der Waals surface area contributed by atoms with Crippen LogP contribution in [-0.2, 0) is 16.8 Å². The van der Waals surface area contributed by atoms with Crippen molar-refractivity contribution >= 4 is 38.6 Å². The normalized spacial score (nSPS) is 15.3. The number of aliphatic hydroxyl groups excluding tert-OH is 2. The molecule has 7 nitrogen and oxygen atoms in total. The fourth-order valence-electron chi connectivity index (χ4n) is 4.52. The number of hydrogen-bond donors (Lipinski definition) is 3. The quantitative estimate of drug-likeness (QED) is 0.457. The number of aromatic nitrogens is 1. The van der Waals surface area contributed by atoms with Gasteiger partial charge in [0, 0.05) is 33.1 Å². The molecule has 0 bridgehead atoms. The number of rotatable bonds is 7. The molecule has 1 aliphatic rings. The monoisotopic (exact) mass is 501 g/mol. The van der Waals surface area contributed by atoms with Gasteiger partial charge < -0.3 is 24.6 Å². The maximum absolute atomic E-state index is 13.6. The van der Waals surface area contributed by atoms with E-state index >= 15 is 0 Å². The lowest BCUT2D eigenvalue weighted by atomic mass is 9.71. The van der Waals surface area contributed by atoms with Gasteiger partial charge in [-0.05, 0) is 42.3 Å². The third kappa shape index (κ3) is 3.72. The van der Waals surface area contributed by atoms with Gasteiger partial charge in [-0.1, -0.05) is 35.8 Å². The van der Waals surface area contributed by atoms with Crippen LogP contribution in [0.15, 0.2) is 40.9 Å². The molecule has 0 spiro atoms. The topological polar surface area (TPSA) is 109 Å². The Hall–Kier alpha value is -2.68. The molecule has 1 heterocycles. The predicted octanol–water partition coefficient (Wildman–Crippen LogP) is 3.48. The maximum Gasteiger partial charge on any atom is 0.323 e. The highest BCUT2D eigenvalue weighted by Gasteiger charge is 2.42. The van der Waals surface area contributed by atoms with Crippen molar-refractivity contribution < 1.29 is 29.6 Å². The minimum Gasteiger partial charge on any atom is -0.491 e. The van der Waals surface area contributed by atoms with Crippen LogP contribution in [0.4, 0.5) is 0 Å². The van der Waals surface area contributed by atoms with E-state index in [9.17, 15) is 19.8 Å². The standard InChI is InChI=1S/C24H24BrNO6/c1-24(2)18-10-15(32-12-14(28)7-8-27)4-6-16(18)22(31)21-17-5-3-13(25)9-19(17)26(23(21)24)11-20(29)30/h3-6,9-10,14,27-28H,7-8,11-12H2,1-2H3,(H,29,30). The molecule has 2 aromatic carbocycles. The summed E-state index contributed by atoms with van der Waals surface area (Å²) in [7, 11) is 0. The molecule has 0 amide bonds. The Morgan fingerprint density at radius 3 is 2.66 bits per heavy atom. The summed E-state index contributed by atoms with van der Waals surface area (Å²) in [5.74, 6) is -0.653. The maximum atomic E-state index is 13.6. The third-order valence-corrected chi connectivity index (χ3v) is 6.45. The van der Waals surface area contributed by atoms with Crippen LogP contribution in [-0.4, -0.2) is 51.0 Å². The number of carboxylic acids is 1. The van der Waals surface area contributed by atoms with Gasteiger partial charge in [0.2, 0.25) is 0 Å². The van der Waals surface area contributed by atoms with Crippen LogP contribution in [0.25, 0.3) is 10.9 Å². The molecule has 0 saturated heterocycles. The molecule has 0 radical (unpaired) electrons. The molecule has 4 rings (SSSR count). The number of carbonyl (C=O) groups is 2. The van der Waals surface area contributed by atoms with Gasteiger partial charge in [0.15, 0.2) is 5.78 Å². The van der Waals surface area contributed by atoms with Crippen molar-refractivity contribution in [3.05, 3.63) is 63.3 Å². The number of carbonyl (C=O) groups excluding carboxylic acids is 1. The van der Waals surface area contributed by atoms with Crippen LogP contribution in [0, 0.1) is 0 Å². The zero-order valence-corrected chi connectivity index (χ0v) is 19.3. The van der Waals surface area contributed by atoms with Crippen LogP contribution in [0.5, 0.6) is 5.75 Å². The fraction of sp³-hybridized carbons (Fsp3) is 0.333. The second-order valence-electron chi connectivity index (χ2n) is 8.50. The summed E-state index contributed by atoms with van der Waals surface area (Å²) < 4.78 is 8.20. The van der Waals surface area contributed by atoms with E-state index in [1.165, 1.54) is 0 Å². The number of nitrogens with zero attached hydrogens (tertiary/aromatic N) is 1. The van der Waals surface area contributed by atoms with Crippen molar-refractivity contribution in [3.8, 4) is 5.75 Å². The number of ketones is 1. The predicted molar refractivity (Wildman–Crippen MR) is 122 cm³/mol. The first-order valence-electron chi connectivity index (χ1n) is 10.3. The summed E-state index contributed by atoms with van der Waals surface area (Å²) in [6, 6.07) is 10.7. The molecule has 168 valence electrons. The van der Waals surface area contributed by atoms with Gasteiger partial charge in [-0.25, -0.2) is 0 Å². The summed E-state index contributed by atoms with van der Waals surface area (Å²) in [5.41, 5.74) is 2.47. The first-order chi connectivity index (χ1) is 15.1. The van der Waals surface area contributed by atoms with E-state index in [0.717, 1.165) is 15.4 Å². The largest absolute Gasteiger partial charge is 0.491 e. The average molecular weight is 502 g/mol. The Bertz CT molecular complexity index is 1230. The molecule has 0 saturated carbocycles. The third-order valence-electron chi connectivity index (χ3n) is 5.95. The number of ether oxygens (including phenoxy) is 1. The molecule has 3 N–H and O–H groups in total. The van der Waals surface area contributed by atoms with Crippen LogP contribution in [0.2, 0.25) is 0 Å². The molecule has 1 aliphatic carbocycles. The minimum atomic E-state index is -0.992. The molecule has 1 atom stereocenters. The van der Waals surface area contributed by atoms with Crippen LogP contribution >= 0.6 is 15.9 Å². The lowest BCUT2D eigenvalue weighted by molar-refractivity contribution is -0.137. The molecule has 8 heteroatoms. The number of hydrogen-bond acceptors (Lipinski definition) is 5. The van der Waals surface area contributed by atoms with Crippen molar-refractivity contribution in [1.82, 2.24) is 4.57 Å². The second-order valence-corrected chi connectivity index (χ2v) is 9.42.